The Morgan fingerprint density at radius 3 is 1.24 bits per heavy atom. The molecule has 0 saturated carbocycles. The van der Waals surface area contributed by atoms with Crippen molar-refractivity contribution in [2.24, 2.45) is 0 Å². The molecule has 10 aromatic carbocycles. The van der Waals surface area contributed by atoms with Crippen molar-refractivity contribution in [3.8, 4) is 44.5 Å². The molecule has 0 atom stereocenters. The summed E-state index contributed by atoms with van der Waals surface area (Å²) in [6.45, 7) is 0. The Kier molecular flexibility index (Phi) is 6.60. The minimum atomic E-state index is 1.23. The Hall–Kier alpha value is -6.50. The molecule has 0 nitrogen and oxygen atoms in total. The van der Waals surface area contributed by atoms with Crippen LogP contribution in [0.25, 0.3) is 98.4 Å². The maximum Gasteiger partial charge on any atom is -0.00262 e. The number of fused-ring (bicyclic) bond motifs is 6. The summed E-state index contributed by atoms with van der Waals surface area (Å²) in [7, 11) is 0. The van der Waals surface area contributed by atoms with Gasteiger partial charge in [-0.05, 0) is 123 Å². The fourth-order valence-corrected chi connectivity index (χ4v) is 8.01. The molecular weight excluding hydrogens is 601 g/mol. The topological polar surface area (TPSA) is 0 Å². The third-order valence-corrected chi connectivity index (χ3v) is 10.4. The summed E-state index contributed by atoms with van der Waals surface area (Å²) in [5.41, 5.74) is 9.98. The first-order valence-corrected chi connectivity index (χ1v) is 17.3. The van der Waals surface area contributed by atoms with E-state index < -0.39 is 0 Å². The lowest BCUT2D eigenvalue weighted by Gasteiger charge is -2.18. The zero-order valence-electron chi connectivity index (χ0n) is 27.5. The van der Waals surface area contributed by atoms with Crippen molar-refractivity contribution in [2.45, 2.75) is 0 Å². The van der Waals surface area contributed by atoms with Gasteiger partial charge in [-0.2, -0.15) is 0 Å². The SMILES string of the molecule is c1ccc(-c2cccc(-c3ccc4cc(-c5c6ccccc6c(-c6ccc7c(ccc8ccccc87)c6)c6ccccc56)ccc4c3)c2)cc1. The van der Waals surface area contributed by atoms with E-state index in [-0.39, 0.29) is 0 Å². The van der Waals surface area contributed by atoms with Crippen molar-refractivity contribution >= 4 is 53.9 Å². The monoisotopic (exact) mass is 632 g/mol. The molecular formula is C50H32. The summed E-state index contributed by atoms with van der Waals surface area (Å²) in [6.07, 6.45) is 0. The second kappa shape index (κ2) is 11.6. The van der Waals surface area contributed by atoms with E-state index >= 15 is 0 Å². The molecule has 0 heterocycles. The van der Waals surface area contributed by atoms with Crippen molar-refractivity contribution in [1.82, 2.24) is 0 Å². The first-order chi connectivity index (χ1) is 24.8. The Labute approximate surface area is 291 Å². The highest BCUT2D eigenvalue weighted by Crippen LogP contribution is 2.45. The predicted octanol–water partition coefficient (Wildman–Crippen LogP) is 14.1. The maximum absolute atomic E-state index is 2.37. The first-order valence-electron chi connectivity index (χ1n) is 17.3. The van der Waals surface area contributed by atoms with Crippen LogP contribution in [0.3, 0.4) is 0 Å². The average molecular weight is 633 g/mol. The maximum atomic E-state index is 2.37. The van der Waals surface area contributed by atoms with Gasteiger partial charge in [-0.3, -0.25) is 0 Å². The molecule has 0 N–H and O–H groups in total. The number of rotatable bonds is 4. The normalized spacial score (nSPS) is 11.6. The average Bonchev–Trinajstić information content (AvgIpc) is 3.19. The van der Waals surface area contributed by atoms with Crippen LogP contribution in [0.15, 0.2) is 194 Å². The van der Waals surface area contributed by atoms with Crippen LogP contribution < -0.4 is 0 Å². The first kappa shape index (κ1) is 28.5. The predicted molar refractivity (Wildman–Crippen MR) is 216 cm³/mol. The van der Waals surface area contributed by atoms with E-state index in [1.54, 1.807) is 0 Å². The molecule has 0 spiro atoms. The van der Waals surface area contributed by atoms with E-state index in [9.17, 15) is 0 Å². The van der Waals surface area contributed by atoms with Gasteiger partial charge in [-0.1, -0.05) is 170 Å². The Morgan fingerprint density at radius 2 is 0.580 bits per heavy atom. The molecule has 0 heteroatoms. The van der Waals surface area contributed by atoms with Gasteiger partial charge in [0.05, 0.1) is 0 Å². The molecule has 0 aliphatic rings. The van der Waals surface area contributed by atoms with Crippen LogP contribution in [0, 0.1) is 0 Å². The van der Waals surface area contributed by atoms with Gasteiger partial charge in [0.25, 0.3) is 0 Å². The summed E-state index contributed by atoms with van der Waals surface area (Å²) in [5.74, 6) is 0. The summed E-state index contributed by atoms with van der Waals surface area (Å²) >= 11 is 0. The summed E-state index contributed by atoms with van der Waals surface area (Å²) in [6, 6.07) is 71.3. The van der Waals surface area contributed by atoms with Crippen molar-refractivity contribution in [1.29, 1.82) is 0 Å². The van der Waals surface area contributed by atoms with E-state index in [1.807, 2.05) is 0 Å². The smallest absolute Gasteiger partial charge is 0.00262 e. The van der Waals surface area contributed by atoms with Gasteiger partial charge in [0.2, 0.25) is 0 Å². The molecule has 0 fully saturated rings. The van der Waals surface area contributed by atoms with E-state index in [2.05, 4.69) is 194 Å². The fraction of sp³-hybridized carbons (Fsp3) is 0. The molecule has 10 rings (SSSR count). The summed E-state index contributed by atoms with van der Waals surface area (Å²) in [5, 5.41) is 12.7. The van der Waals surface area contributed by atoms with Gasteiger partial charge in [0, 0.05) is 0 Å². The highest BCUT2D eigenvalue weighted by Gasteiger charge is 2.17. The van der Waals surface area contributed by atoms with E-state index in [0.717, 1.165) is 0 Å². The van der Waals surface area contributed by atoms with Crippen molar-refractivity contribution < 1.29 is 0 Å². The van der Waals surface area contributed by atoms with Crippen LogP contribution in [0.2, 0.25) is 0 Å². The minimum absolute atomic E-state index is 1.23. The molecule has 0 saturated heterocycles. The molecule has 0 aromatic heterocycles. The minimum Gasteiger partial charge on any atom is -0.0622 e. The molecule has 0 amide bonds. The molecule has 232 valence electrons. The van der Waals surface area contributed by atoms with Gasteiger partial charge >= 0.3 is 0 Å². The van der Waals surface area contributed by atoms with Crippen molar-refractivity contribution in [3.63, 3.8) is 0 Å². The Bertz CT molecular complexity index is 2860. The largest absolute Gasteiger partial charge is 0.0622 e. The van der Waals surface area contributed by atoms with Crippen LogP contribution in [-0.4, -0.2) is 0 Å². The zero-order valence-corrected chi connectivity index (χ0v) is 27.5. The lowest BCUT2D eigenvalue weighted by molar-refractivity contribution is 1.60. The third kappa shape index (κ3) is 4.69. The van der Waals surface area contributed by atoms with Crippen molar-refractivity contribution in [3.05, 3.63) is 194 Å². The van der Waals surface area contributed by atoms with Crippen LogP contribution >= 0.6 is 0 Å². The highest BCUT2D eigenvalue weighted by molar-refractivity contribution is 6.22. The van der Waals surface area contributed by atoms with Gasteiger partial charge in [0.1, 0.15) is 0 Å². The lowest BCUT2D eigenvalue weighted by Crippen LogP contribution is -1.91. The van der Waals surface area contributed by atoms with Crippen LogP contribution in [-0.2, 0) is 0 Å². The van der Waals surface area contributed by atoms with Gasteiger partial charge in [0.15, 0.2) is 0 Å². The van der Waals surface area contributed by atoms with E-state index in [1.165, 1.54) is 98.4 Å². The van der Waals surface area contributed by atoms with Crippen LogP contribution in [0.5, 0.6) is 0 Å². The van der Waals surface area contributed by atoms with Crippen LogP contribution in [0.1, 0.15) is 0 Å². The Balaban J connectivity index is 1.12. The molecule has 10 aromatic rings. The Morgan fingerprint density at radius 1 is 0.180 bits per heavy atom. The standard InChI is InChI=1S/C50H32/c1-2-11-33(12-3-1)35-14-10-15-36(29-35)37-22-23-39-31-41(26-24-38(39)30-37)49-45-17-6-8-19-47(45)50(48-20-9-7-18-46(48)49)42-27-28-44-40(32-42)25-21-34-13-4-5-16-43(34)44/h1-32H. The number of hydrogen-bond donors (Lipinski definition) is 0. The quantitative estimate of drug-likeness (QED) is 0.134. The van der Waals surface area contributed by atoms with Crippen LogP contribution in [0.4, 0.5) is 0 Å². The summed E-state index contributed by atoms with van der Waals surface area (Å²) < 4.78 is 0. The fourth-order valence-electron chi connectivity index (χ4n) is 8.01. The molecule has 0 aliphatic heterocycles. The molecule has 0 bridgehead atoms. The number of hydrogen-bond acceptors (Lipinski definition) is 0. The highest BCUT2D eigenvalue weighted by atomic mass is 14.2. The van der Waals surface area contributed by atoms with Crippen molar-refractivity contribution in [2.75, 3.05) is 0 Å². The number of benzene rings is 10. The second-order valence-electron chi connectivity index (χ2n) is 13.3. The summed E-state index contributed by atoms with van der Waals surface area (Å²) in [4.78, 5) is 0. The third-order valence-electron chi connectivity index (χ3n) is 10.4. The molecule has 0 unspecified atom stereocenters. The molecule has 50 heavy (non-hydrogen) atoms. The zero-order chi connectivity index (χ0) is 33.0. The van der Waals surface area contributed by atoms with Gasteiger partial charge < -0.3 is 0 Å². The van der Waals surface area contributed by atoms with E-state index in [4.69, 9.17) is 0 Å². The van der Waals surface area contributed by atoms with Gasteiger partial charge in [-0.25, -0.2) is 0 Å². The molecule has 0 aliphatic carbocycles. The second-order valence-corrected chi connectivity index (χ2v) is 13.3. The lowest BCUT2D eigenvalue weighted by atomic mass is 9.85. The van der Waals surface area contributed by atoms with E-state index in [0.29, 0.717) is 0 Å². The molecule has 0 radical (unpaired) electrons. The van der Waals surface area contributed by atoms with Gasteiger partial charge in [-0.15, -0.1) is 0 Å².